The van der Waals surface area contributed by atoms with E-state index in [1.54, 1.807) is 62.6 Å². The number of nitrogens with zero attached hydrogens (tertiary/aromatic N) is 2. The van der Waals surface area contributed by atoms with Gasteiger partial charge in [0.1, 0.15) is 18.3 Å². The summed E-state index contributed by atoms with van der Waals surface area (Å²) in [6.45, 7) is 8.68. The summed E-state index contributed by atoms with van der Waals surface area (Å²) in [5, 5.41) is 3.34. The molecule has 220 valence electrons. The lowest BCUT2D eigenvalue weighted by Crippen LogP contribution is -2.53. The van der Waals surface area contributed by atoms with Crippen molar-refractivity contribution >= 4 is 39.1 Å². The van der Waals surface area contributed by atoms with Crippen LogP contribution in [0, 0.1) is 13.8 Å². The zero-order valence-corrected chi connectivity index (χ0v) is 25.9. The summed E-state index contributed by atoms with van der Waals surface area (Å²) in [4.78, 5) is 28.9. The van der Waals surface area contributed by atoms with Gasteiger partial charge in [0.25, 0.3) is 10.0 Å². The molecule has 1 unspecified atom stereocenters. The molecule has 10 heteroatoms. The zero-order valence-electron chi connectivity index (χ0n) is 24.3. The van der Waals surface area contributed by atoms with E-state index in [1.165, 1.54) is 17.0 Å². The molecule has 2 amide bonds. The molecule has 1 atom stereocenters. The van der Waals surface area contributed by atoms with E-state index < -0.39 is 28.5 Å². The topological polar surface area (TPSA) is 96.0 Å². The van der Waals surface area contributed by atoms with Crippen LogP contribution in [0.25, 0.3) is 0 Å². The second-order valence-electron chi connectivity index (χ2n) is 10.2. The minimum Gasteiger partial charge on any atom is -0.497 e. The van der Waals surface area contributed by atoms with Crippen molar-refractivity contribution in [1.82, 2.24) is 10.2 Å². The van der Waals surface area contributed by atoms with E-state index in [9.17, 15) is 18.0 Å². The van der Waals surface area contributed by atoms with E-state index in [1.807, 2.05) is 33.8 Å². The molecule has 3 aromatic carbocycles. The predicted molar refractivity (Wildman–Crippen MR) is 163 cm³/mol. The van der Waals surface area contributed by atoms with Crippen molar-refractivity contribution in [1.29, 1.82) is 0 Å². The highest BCUT2D eigenvalue weighted by atomic mass is 35.5. The summed E-state index contributed by atoms with van der Waals surface area (Å²) < 4.78 is 34.5. The van der Waals surface area contributed by atoms with Gasteiger partial charge in [0.15, 0.2) is 0 Å². The summed E-state index contributed by atoms with van der Waals surface area (Å²) >= 11 is 6.18. The maximum Gasteiger partial charge on any atom is 0.264 e. The Labute approximate surface area is 248 Å². The molecule has 0 saturated carbocycles. The van der Waals surface area contributed by atoms with Gasteiger partial charge >= 0.3 is 0 Å². The maximum atomic E-state index is 14.2. The third kappa shape index (κ3) is 8.01. The van der Waals surface area contributed by atoms with Crippen LogP contribution in [-0.4, -0.2) is 50.9 Å². The Morgan fingerprint density at radius 2 is 1.68 bits per heavy atom. The molecule has 0 aliphatic rings. The number of carbonyl (C=O) groups excluding carboxylic acids is 2. The number of carbonyl (C=O) groups is 2. The highest BCUT2D eigenvalue weighted by Crippen LogP contribution is 2.30. The van der Waals surface area contributed by atoms with Crippen molar-refractivity contribution < 1.29 is 22.7 Å². The fourth-order valence-corrected chi connectivity index (χ4v) is 6.22. The van der Waals surface area contributed by atoms with Gasteiger partial charge in [0.2, 0.25) is 11.8 Å². The molecule has 0 bridgehead atoms. The van der Waals surface area contributed by atoms with Crippen LogP contribution in [0.2, 0.25) is 5.02 Å². The lowest BCUT2D eigenvalue weighted by atomic mass is 10.1. The van der Waals surface area contributed by atoms with Gasteiger partial charge in [-0.15, -0.1) is 0 Å². The Balaban J connectivity index is 2.11. The highest BCUT2D eigenvalue weighted by Gasteiger charge is 2.34. The predicted octanol–water partition coefficient (Wildman–Crippen LogP) is 5.49. The smallest absolute Gasteiger partial charge is 0.264 e. The minimum absolute atomic E-state index is 0.0502. The summed E-state index contributed by atoms with van der Waals surface area (Å²) in [5.74, 6) is -0.229. The van der Waals surface area contributed by atoms with Gasteiger partial charge < -0.3 is 15.0 Å². The fourth-order valence-electron chi connectivity index (χ4n) is 4.52. The number of nitrogens with one attached hydrogen (secondary N) is 1. The second kappa shape index (κ2) is 13.9. The molecule has 8 nitrogen and oxygen atoms in total. The molecule has 0 aromatic heterocycles. The average molecular weight is 600 g/mol. The Morgan fingerprint density at radius 3 is 2.27 bits per heavy atom. The number of ether oxygens (including phenoxy) is 1. The Morgan fingerprint density at radius 1 is 1.00 bits per heavy atom. The van der Waals surface area contributed by atoms with Crippen LogP contribution >= 0.6 is 11.6 Å². The molecule has 0 spiro atoms. The number of methoxy groups -OCH3 is 1. The van der Waals surface area contributed by atoms with Crippen molar-refractivity contribution in [2.45, 2.75) is 64.6 Å². The Bertz CT molecular complexity index is 1480. The summed E-state index contributed by atoms with van der Waals surface area (Å²) in [7, 11) is -2.62. The molecule has 0 aliphatic heterocycles. The summed E-state index contributed by atoms with van der Waals surface area (Å²) in [6, 6.07) is 17.5. The van der Waals surface area contributed by atoms with Crippen LogP contribution in [0.1, 0.15) is 43.9 Å². The average Bonchev–Trinajstić information content (AvgIpc) is 2.91. The first kappa shape index (κ1) is 32.0. The van der Waals surface area contributed by atoms with E-state index in [-0.39, 0.29) is 23.4 Å². The van der Waals surface area contributed by atoms with Crippen LogP contribution in [0.5, 0.6) is 5.75 Å². The first-order chi connectivity index (χ1) is 19.4. The number of hydrogen-bond donors (Lipinski definition) is 1. The number of amides is 2. The monoisotopic (exact) mass is 599 g/mol. The number of benzene rings is 3. The summed E-state index contributed by atoms with van der Waals surface area (Å²) in [6.07, 6.45) is 0.332. The van der Waals surface area contributed by atoms with Crippen molar-refractivity contribution in [3.05, 3.63) is 88.4 Å². The van der Waals surface area contributed by atoms with Crippen molar-refractivity contribution in [2.24, 2.45) is 0 Å². The number of aryl methyl sites for hydroxylation is 2. The van der Waals surface area contributed by atoms with Crippen LogP contribution in [0.4, 0.5) is 5.69 Å². The molecular weight excluding hydrogens is 562 g/mol. The lowest BCUT2D eigenvalue weighted by molar-refractivity contribution is -0.140. The molecule has 0 aliphatic carbocycles. The molecule has 0 saturated heterocycles. The van der Waals surface area contributed by atoms with Gasteiger partial charge in [-0.25, -0.2) is 8.42 Å². The van der Waals surface area contributed by atoms with Crippen LogP contribution in [0.3, 0.4) is 0 Å². The molecule has 0 fully saturated rings. The lowest BCUT2D eigenvalue weighted by Gasteiger charge is -2.34. The first-order valence-corrected chi connectivity index (χ1v) is 15.3. The Kier molecular flexibility index (Phi) is 10.8. The van der Waals surface area contributed by atoms with Gasteiger partial charge in [-0.05, 0) is 87.7 Å². The number of rotatable bonds is 12. The van der Waals surface area contributed by atoms with Crippen LogP contribution in [-0.2, 0) is 26.2 Å². The molecule has 3 rings (SSSR count). The van der Waals surface area contributed by atoms with Crippen molar-refractivity contribution in [3.8, 4) is 5.75 Å². The molecule has 0 heterocycles. The fraction of sp³-hybridized carbons (Fsp3) is 0.355. The van der Waals surface area contributed by atoms with Crippen molar-refractivity contribution in [2.75, 3.05) is 18.0 Å². The first-order valence-electron chi connectivity index (χ1n) is 13.5. The van der Waals surface area contributed by atoms with Gasteiger partial charge in [-0.1, -0.05) is 48.4 Å². The Hall–Kier alpha value is -3.56. The zero-order chi connectivity index (χ0) is 30.3. The molecule has 0 radical (unpaired) electrons. The van der Waals surface area contributed by atoms with Crippen LogP contribution in [0.15, 0.2) is 71.6 Å². The number of hydrogen-bond acceptors (Lipinski definition) is 5. The highest BCUT2D eigenvalue weighted by molar-refractivity contribution is 7.92. The molecule has 3 aromatic rings. The normalized spacial score (nSPS) is 12.1. The molecular formula is C31H38ClN3O5S. The van der Waals surface area contributed by atoms with Gasteiger partial charge in [0.05, 0.1) is 17.7 Å². The van der Waals surface area contributed by atoms with Gasteiger partial charge in [-0.2, -0.15) is 0 Å². The molecule has 1 N–H and O–H groups in total. The maximum absolute atomic E-state index is 14.2. The van der Waals surface area contributed by atoms with Gasteiger partial charge in [-0.3, -0.25) is 13.9 Å². The van der Waals surface area contributed by atoms with Gasteiger partial charge in [0, 0.05) is 17.6 Å². The van der Waals surface area contributed by atoms with Crippen molar-refractivity contribution in [3.63, 3.8) is 0 Å². The third-order valence-electron chi connectivity index (χ3n) is 6.62. The number of anilines is 1. The van der Waals surface area contributed by atoms with E-state index in [2.05, 4.69) is 5.32 Å². The second-order valence-corrected chi connectivity index (χ2v) is 12.5. The summed E-state index contributed by atoms with van der Waals surface area (Å²) in [5.41, 5.74) is 2.55. The molecule has 41 heavy (non-hydrogen) atoms. The number of halogens is 1. The van der Waals surface area contributed by atoms with Crippen LogP contribution < -0.4 is 14.4 Å². The SMILES string of the molecule is CCC(C(=O)NC(C)C)N(Cc1cccc(OC)c1)C(=O)CN(c1ccc(Cl)cc1C)S(=O)(=O)c1ccc(C)cc1. The quantitative estimate of drug-likeness (QED) is 0.297. The third-order valence-corrected chi connectivity index (χ3v) is 8.63. The van der Waals surface area contributed by atoms with E-state index in [0.29, 0.717) is 28.4 Å². The van der Waals surface area contributed by atoms with E-state index in [0.717, 1.165) is 15.4 Å². The van der Waals surface area contributed by atoms with E-state index >= 15 is 0 Å². The number of sulfonamides is 1. The standard InChI is InChI=1S/C31H38ClN3O5S/c1-7-28(31(37)33-21(2)3)34(19-24-9-8-10-26(18-24)40-6)30(36)20-35(29-16-13-25(32)17-23(29)5)41(38,39)27-14-11-22(4)12-15-27/h8-18,21,28H,7,19-20H2,1-6H3,(H,33,37). The minimum atomic E-state index is -4.17. The largest absolute Gasteiger partial charge is 0.497 e. The van der Waals surface area contributed by atoms with E-state index in [4.69, 9.17) is 16.3 Å².